The number of nitrogens with zero attached hydrogens (tertiary/aromatic N) is 1. The van der Waals surface area contributed by atoms with Gasteiger partial charge < -0.3 is 10.1 Å². The van der Waals surface area contributed by atoms with Gasteiger partial charge >= 0.3 is 0 Å². The van der Waals surface area contributed by atoms with Gasteiger partial charge in [-0.25, -0.2) is 13.4 Å². The highest BCUT2D eigenvalue weighted by Crippen LogP contribution is 2.23. The van der Waals surface area contributed by atoms with Crippen molar-refractivity contribution >= 4 is 26.7 Å². The summed E-state index contributed by atoms with van der Waals surface area (Å²) in [6, 6.07) is 9.92. The quantitative estimate of drug-likeness (QED) is 0.685. The number of aliphatic hydroxyl groups excluding tert-OH is 1. The lowest BCUT2D eigenvalue weighted by Gasteiger charge is -2.07. The fourth-order valence-corrected chi connectivity index (χ4v) is 3.27. The van der Waals surface area contributed by atoms with Crippen LogP contribution in [-0.2, 0) is 16.6 Å². The Morgan fingerprint density at radius 2 is 1.95 bits per heavy atom. The van der Waals surface area contributed by atoms with Crippen molar-refractivity contribution in [3.05, 3.63) is 54.4 Å². The van der Waals surface area contributed by atoms with Crippen molar-refractivity contribution < 1.29 is 13.5 Å². The predicted molar refractivity (Wildman–Crippen MR) is 79.3 cm³/mol. The molecule has 0 fully saturated rings. The van der Waals surface area contributed by atoms with Crippen molar-refractivity contribution in [1.82, 2.24) is 9.97 Å². The fourth-order valence-electron chi connectivity index (χ4n) is 2.04. The Labute approximate surface area is 121 Å². The first-order valence-corrected chi connectivity index (χ1v) is 7.73. The molecule has 2 aromatic heterocycles. The number of nitrogens with one attached hydrogen (secondary N) is 2. The molecule has 0 aliphatic rings. The van der Waals surface area contributed by atoms with Crippen LogP contribution in [0.25, 0.3) is 11.0 Å². The third-order valence-corrected chi connectivity index (χ3v) is 4.51. The number of hydrogen-bond acceptors (Lipinski definition) is 4. The van der Waals surface area contributed by atoms with E-state index in [0.717, 1.165) is 0 Å². The number of sulfonamides is 1. The lowest BCUT2D eigenvalue weighted by molar-refractivity contribution is 0.282. The van der Waals surface area contributed by atoms with E-state index in [4.69, 9.17) is 5.11 Å². The summed E-state index contributed by atoms with van der Waals surface area (Å²) < 4.78 is 27.4. The number of aromatic nitrogens is 2. The third-order valence-electron chi connectivity index (χ3n) is 3.09. The maximum Gasteiger partial charge on any atom is 0.264 e. The summed E-state index contributed by atoms with van der Waals surface area (Å²) in [6.07, 6.45) is 3.01. The highest BCUT2D eigenvalue weighted by atomic mass is 32.2. The van der Waals surface area contributed by atoms with Crippen molar-refractivity contribution in [3.8, 4) is 0 Å². The Bertz CT molecular complexity index is 870. The molecular formula is C14H13N3O3S. The van der Waals surface area contributed by atoms with Crippen LogP contribution < -0.4 is 4.72 Å². The summed E-state index contributed by atoms with van der Waals surface area (Å²) in [5, 5.41) is 9.52. The number of rotatable bonds is 4. The van der Waals surface area contributed by atoms with E-state index >= 15 is 0 Å². The molecular weight excluding hydrogens is 290 g/mol. The van der Waals surface area contributed by atoms with Crippen molar-refractivity contribution in [2.75, 3.05) is 4.72 Å². The molecule has 1 aromatic carbocycles. The molecule has 108 valence electrons. The van der Waals surface area contributed by atoms with Gasteiger partial charge in [-0.2, -0.15) is 0 Å². The Hall–Kier alpha value is -2.38. The van der Waals surface area contributed by atoms with Crippen LogP contribution in [0, 0.1) is 0 Å². The zero-order chi connectivity index (χ0) is 14.9. The monoisotopic (exact) mass is 303 g/mol. The SMILES string of the molecule is O=S(=O)(Nc1ccc(CO)cc1)c1c[nH]c2ncccc12. The first-order chi connectivity index (χ1) is 10.1. The minimum Gasteiger partial charge on any atom is -0.392 e. The molecule has 0 amide bonds. The van der Waals surface area contributed by atoms with Crippen molar-refractivity contribution in [2.45, 2.75) is 11.5 Å². The van der Waals surface area contributed by atoms with Crippen molar-refractivity contribution in [1.29, 1.82) is 0 Å². The number of aromatic amines is 1. The molecule has 0 atom stereocenters. The van der Waals surface area contributed by atoms with E-state index in [0.29, 0.717) is 22.3 Å². The molecule has 0 aliphatic carbocycles. The first kappa shape index (κ1) is 13.6. The molecule has 0 radical (unpaired) electrons. The normalized spacial score (nSPS) is 11.7. The smallest absolute Gasteiger partial charge is 0.264 e. The van der Waals surface area contributed by atoms with Gasteiger partial charge in [0.25, 0.3) is 10.0 Å². The van der Waals surface area contributed by atoms with Crippen LogP contribution in [0.3, 0.4) is 0 Å². The standard InChI is InChI=1S/C14H13N3O3S/c18-9-10-3-5-11(6-4-10)17-21(19,20)13-8-16-14-12(13)2-1-7-15-14/h1-8,17-18H,9H2,(H,15,16). The van der Waals surface area contributed by atoms with Crippen LogP contribution in [-0.4, -0.2) is 23.5 Å². The molecule has 3 N–H and O–H groups in total. The molecule has 0 aliphatic heterocycles. The topological polar surface area (TPSA) is 95.1 Å². The second-order valence-electron chi connectivity index (χ2n) is 4.51. The van der Waals surface area contributed by atoms with Gasteiger partial charge in [0.1, 0.15) is 10.5 Å². The minimum absolute atomic E-state index is 0.0822. The van der Waals surface area contributed by atoms with Gasteiger partial charge in [-0.15, -0.1) is 0 Å². The Balaban J connectivity index is 1.96. The van der Waals surface area contributed by atoms with E-state index in [9.17, 15) is 8.42 Å². The minimum atomic E-state index is -3.70. The highest BCUT2D eigenvalue weighted by molar-refractivity contribution is 7.93. The van der Waals surface area contributed by atoms with Crippen LogP contribution in [0.1, 0.15) is 5.56 Å². The number of aliphatic hydroxyl groups is 1. The van der Waals surface area contributed by atoms with Gasteiger partial charge in [0.15, 0.2) is 0 Å². The average molecular weight is 303 g/mol. The molecule has 0 bridgehead atoms. The van der Waals surface area contributed by atoms with E-state index in [1.807, 2.05) is 0 Å². The largest absolute Gasteiger partial charge is 0.392 e. The molecule has 0 saturated carbocycles. The van der Waals surface area contributed by atoms with Crippen LogP contribution >= 0.6 is 0 Å². The van der Waals surface area contributed by atoms with Gasteiger partial charge in [-0.3, -0.25) is 4.72 Å². The fraction of sp³-hybridized carbons (Fsp3) is 0.0714. The number of hydrogen-bond donors (Lipinski definition) is 3. The summed E-state index contributed by atoms with van der Waals surface area (Å²) in [7, 11) is -3.70. The maximum absolute atomic E-state index is 12.4. The van der Waals surface area contributed by atoms with Gasteiger partial charge in [-0.1, -0.05) is 12.1 Å². The average Bonchev–Trinajstić information content (AvgIpc) is 2.92. The van der Waals surface area contributed by atoms with Gasteiger partial charge in [0, 0.05) is 23.5 Å². The lowest BCUT2D eigenvalue weighted by atomic mass is 10.2. The summed E-state index contributed by atoms with van der Waals surface area (Å²) in [6.45, 7) is -0.0822. The zero-order valence-corrected chi connectivity index (χ0v) is 11.8. The summed E-state index contributed by atoms with van der Waals surface area (Å²) in [4.78, 5) is 7.05. The lowest BCUT2D eigenvalue weighted by Crippen LogP contribution is -2.12. The Kier molecular flexibility index (Phi) is 3.36. The molecule has 0 spiro atoms. The van der Waals surface area contributed by atoms with Crippen LogP contribution in [0.2, 0.25) is 0 Å². The third kappa shape index (κ3) is 2.61. The van der Waals surface area contributed by atoms with E-state index < -0.39 is 10.0 Å². The molecule has 3 rings (SSSR count). The van der Waals surface area contributed by atoms with E-state index in [-0.39, 0.29) is 11.5 Å². The molecule has 3 aromatic rings. The highest BCUT2D eigenvalue weighted by Gasteiger charge is 2.19. The second kappa shape index (κ2) is 5.19. The maximum atomic E-state index is 12.4. The first-order valence-electron chi connectivity index (χ1n) is 6.25. The zero-order valence-electron chi connectivity index (χ0n) is 10.9. The molecule has 21 heavy (non-hydrogen) atoms. The van der Waals surface area contributed by atoms with Crippen LogP contribution in [0.4, 0.5) is 5.69 Å². The number of anilines is 1. The number of pyridine rings is 1. The van der Waals surface area contributed by atoms with E-state index in [1.165, 1.54) is 6.20 Å². The second-order valence-corrected chi connectivity index (χ2v) is 6.16. The number of fused-ring (bicyclic) bond motifs is 1. The van der Waals surface area contributed by atoms with E-state index in [1.54, 1.807) is 42.6 Å². The molecule has 7 heteroatoms. The molecule has 0 saturated heterocycles. The summed E-state index contributed by atoms with van der Waals surface area (Å²) in [5.74, 6) is 0. The van der Waals surface area contributed by atoms with Gasteiger partial charge in [0.05, 0.1) is 6.61 Å². The van der Waals surface area contributed by atoms with Crippen LogP contribution in [0.5, 0.6) is 0 Å². The molecule has 2 heterocycles. The molecule has 6 nitrogen and oxygen atoms in total. The summed E-state index contributed by atoms with van der Waals surface area (Å²) >= 11 is 0. The number of benzene rings is 1. The Morgan fingerprint density at radius 3 is 2.67 bits per heavy atom. The van der Waals surface area contributed by atoms with Crippen molar-refractivity contribution in [3.63, 3.8) is 0 Å². The van der Waals surface area contributed by atoms with Crippen molar-refractivity contribution in [2.24, 2.45) is 0 Å². The van der Waals surface area contributed by atoms with Gasteiger partial charge in [0.2, 0.25) is 0 Å². The molecule has 0 unspecified atom stereocenters. The number of H-pyrrole nitrogens is 1. The van der Waals surface area contributed by atoms with Gasteiger partial charge in [-0.05, 0) is 29.8 Å². The predicted octanol–water partition coefficient (Wildman–Crippen LogP) is 1.86. The summed E-state index contributed by atoms with van der Waals surface area (Å²) in [5.41, 5.74) is 1.67. The Morgan fingerprint density at radius 1 is 1.19 bits per heavy atom. The van der Waals surface area contributed by atoms with E-state index in [2.05, 4.69) is 14.7 Å². The van der Waals surface area contributed by atoms with Crippen LogP contribution in [0.15, 0.2) is 53.7 Å².